The highest BCUT2D eigenvalue weighted by Crippen LogP contribution is 2.64. The number of aliphatic hydroxyl groups excluding tert-OH is 1. The van der Waals surface area contributed by atoms with Crippen LogP contribution in [0.2, 0.25) is 0 Å². The second-order valence-corrected chi connectivity index (χ2v) is 6.54. The van der Waals surface area contributed by atoms with E-state index in [-0.39, 0.29) is 0 Å². The van der Waals surface area contributed by atoms with Crippen molar-refractivity contribution in [2.75, 3.05) is 0 Å². The molecular weight excluding hydrogens is 273 g/mol. The second-order valence-electron chi connectivity index (χ2n) is 6.54. The molecule has 0 amide bonds. The van der Waals surface area contributed by atoms with E-state index >= 15 is 0 Å². The quantitative estimate of drug-likeness (QED) is 0.628. The predicted molar refractivity (Wildman–Crippen MR) is 66.4 cm³/mol. The maximum absolute atomic E-state index is 13.8. The van der Waals surface area contributed by atoms with Crippen LogP contribution in [0.15, 0.2) is 0 Å². The lowest BCUT2D eigenvalue weighted by atomic mass is 10.1. The molecule has 1 aliphatic carbocycles. The van der Waals surface area contributed by atoms with E-state index in [0.717, 1.165) is 0 Å². The van der Waals surface area contributed by atoms with Crippen LogP contribution in [0.5, 0.6) is 0 Å². The Labute approximate surface area is 116 Å². The van der Waals surface area contributed by atoms with Gasteiger partial charge in [-0.1, -0.05) is 13.8 Å². The molecule has 0 radical (unpaired) electrons. The van der Waals surface area contributed by atoms with Crippen LogP contribution in [0.25, 0.3) is 0 Å². The van der Waals surface area contributed by atoms with Gasteiger partial charge < -0.3 is 9.84 Å². The zero-order valence-electron chi connectivity index (χ0n) is 12.1. The molecule has 0 heterocycles. The first-order valence-corrected chi connectivity index (χ1v) is 6.24. The lowest BCUT2D eigenvalue weighted by Gasteiger charge is -2.20. The normalized spacial score (nSPS) is 26.2. The van der Waals surface area contributed by atoms with Crippen LogP contribution in [0.1, 0.15) is 34.6 Å². The highest BCUT2D eigenvalue weighted by Gasteiger charge is 2.72. The Kier molecular flexibility index (Phi) is 4.17. The number of carbonyl (C=O) groups is 1. The summed E-state index contributed by atoms with van der Waals surface area (Å²) < 4.78 is 44.9. The molecule has 0 aromatic heterocycles. The average Bonchev–Trinajstić information content (AvgIpc) is 2.77. The van der Waals surface area contributed by atoms with Gasteiger partial charge in [-0.25, -0.2) is 4.39 Å². The minimum absolute atomic E-state index is 0.713. The third kappa shape index (κ3) is 3.66. The number of carbonyl (C=O) groups excluding carboxylic acids is 1. The zero-order chi connectivity index (χ0) is 15.9. The standard InChI is InChI=1S/C14H19F3O3/c1-12(2,3)20-11(19)9-10(13(9,4)5)14(16,17)7-6-8(15)18/h8-10,18H,1-5H3. The third-order valence-corrected chi connectivity index (χ3v) is 3.24. The summed E-state index contributed by atoms with van der Waals surface area (Å²) in [5.74, 6) is -3.82. The second kappa shape index (κ2) is 4.96. The Balaban J connectivity index is 2.89. The Morgan fingerprint density at radius 3 is 2.25 bits per heavy atom. The third-order valence-electron chi connectivity index (χ3n) is 3.24. The van der Waals surface area contributed by atoms with Gasteiger partial charge in [-0.2, -0.15) is 8.78 Å². The maximum Gasteiger partial charge on any atom is 0.312 e. The van der Waals surface area contributed by atoms with Crippen LogP contribution in [-0.4, -0.2) is 29.0 Å². The number of aliphatic hydroxyl groups is 1. The molecule has 0 aliphatic heterocycles. The minimum atomic E-state index is -3.56. The maximum atomic E-state index is 13.8. The monoisotopic (exact) mass is 292 g/mol. The fourth-order valence-corrected chi connectivity index (χ4v) is 2.35. The zero-order valence-corrected chi connectivity index (χ0v) is 12.1. The van der Waals surface area contributed by atoms with Crippen molar-refractivity contribution < 1.29 is 27.8 Å². The molecule has 1 rings (SSSR count). The summed E-state index contributed by atoms with van der Waals surface area (Å²) in [5.41, 5.74) is -1.75. The average molecular weight is 292 g/mol. The molecule has 0 saturated heterocycles. The van der Waals surface area contributed by atoms with Crippen LogP contribution in [0.4, 0.5) is 13.2 Å². The highest BCUT2D eigenvalue weighted by atomic mass is 19.3. The van der Waals surface area contributed by atoms with Gasteiger partial charge in [0.25, 0.3) is 6.36 Å². The van der Waals surface area contributed by atoms with Crippen molar-refractivity contribution in [3.63, 3.8) is 0 Å². The lowest BCUT2D eigenvalue weighted by Crippen LogP contribution is -2.27. The molecule has 1 fully saturated rings. The van der Waals surface area contributed by atoms with Gasteiger partial charge in [-0.15, -0.1) is 0 Å². The van der Waals surface area contributed by atoms with Crippen molar-refractivity contribution in [1.82, 2.24) is 0 Å². The Bertz CT molecular complexity index is 453. The molecule has 1 saturated carbocycles. The number of rotatable bonds is 2. The van der Waals surface area contributed by atoms with Gasteiger partial charge in [-0.05, 0) is 38.0 Å². The number of hydrogen-bond donors (Lipinski definition) is 1. The number of alkyl halides is 3. The van der Waals surface area contributed by atoms with E-state index in [4.69, 9.17) is 9.84 Å². The van der Waals surface area contributed by atoms with Crippen LogP contribution in [-0.2, 0) is 9.53 Å². The largest absolute Gasteiger partial charge is 0.460 e. The van der Waals surface area contributed by atoms with E-state index in [1.807, 2.05) is 0 Å². The molecule has 0 aromatic rings. The molecule has 0 bridgehead atoms. The lowest BCUT2D eigenvalue weighted by molar-refractivity contribution is -0.158. The van der Waals surface area contributed by atoms with Crippen LogP contribution in [0, 0.1) is 29.1 Å². The van der Waals surface area contributed by atoms with Gasteiger partial charge in [-0.3, -0.25) is 4.79 Å². The summed E-state index contributed by atoms with van der Waals surface area (Å²) in [4.78, 5) is 11.9. The van der Waals surface area contributed by atoms with Gasteiger partial charge >= 0.3 is 11.9 Å². The number of esters is 1. The molecular formula is C14H19F3O3. The van der Waals surface area contributed by atoms with Crippen LogP contribution in [0.3, 0.4) is 0 Å². The molecule has 1 aliphatic rings. The molecule has 0 spiro atoms. The minimum Gasteiger partial charge on any atom is -0.460 e. The molecule has 6 heteroatoms. The van der Waals surface area contributed by atoms with Crippen molar-refractivity contribution in [3.05, 3.63) is 0 Å². The fraction of sp³-hybridized carbons (Fsp3) is 0.786. The van der Waals surface area contributed by atoms with Gasteiger partial charge in [0, 0.05) is 0 Å². The van der Waals surface area contributed by atoms with E-state index < -0.39 is 41.1 Å². The predicted octanol–water partition coefficient (Wildman–Crippen LogP) is 2.53. The van der Waals surface area contributed by atoms with E-state index in [0.29, 0.717) is 0 Å². The Morgan fingerprint density at radius 2 is 1.85 bits per heavy atom. The van der Waals surface area contributed by atoms with Crippen molar-refractivity contribution in [2.24, 2.45) is 17.3 Å². The number of hydrogen-bond acceptors (Lipinski definition) is 3. The molecule has 3 nitrogen and oxygen atoms in total. The molecule has 20 heavy (non-hydrogen) atoms. The Hall–Kier alpha value is -1.22. The molecule has 1 N–H and O–H groups in total. The fourth-order valence-electron chi connectivity index (χ4n) is 2.35. The van der Waals surface area contributed by atoms with E-state index in [1.54, 1.807) is 20.8 Å². The first kappa shape index (κ1) is 16.8. The highest BCUT2D eigenvalue weighted by molar-refractivity contribution is 5.78. The van der Waals surface area contributed by atoms with Crippen molar-refractivity contribution in [2.45, 2.75) is 52.5 Å². The van der Waals surface area contributed by atoms with Crippen LogP contribution < -0.4 is 0 Å². The molecule has 0 aromatic carbocycles. The molecule has 3 atom stereocenters. The first-order chi connectivity index (χ1) is 8.79. The number of halogens is 3. The SMILES string of the molecule is CC(C)(C)OC(=O)C1C(C(F)(F)C#CC(O)F)C1(C)C. The van der Waals surface area contributed by atoms with Crippen LogP contribution >= 0.6 is 0 Å². The van der Waals surface area contributed by atoms with Crippen molar-refractivity contribution >= 4 is 5.97 Å². The first-order valence-electron chi connectivity index (χ1n) is 6.24. The summed E-state index contributed by atoms with van der Waals surface area (Å²) in [6.45, 7) is 7.95. The van der Waals surface area contributed by atoms with Gasteiger partial charge in [0.05, 0.1) is 11.8 Å². The summed E-state index contributed by atoms with van der Waals surface area (Å²) in [6.07, 6.45) is -2.62. The van der Waals surface area contributed by atoms with Gasteiger partial charge in [0.2, 0.25) is 0 Å². The van der Waals surface area contributed by atoms with E-state index in [2.05, 4.69) is 0 Å². The summed E-state index contributed by atoms with van der Waals surface area (Å²) >= 11 is 0. The summed E-state index contributed by atoms with van der Waals surface area (Å²) in [5, 5.41) is 8.31. The van der Waals surface area contributed by atoms with Crippen molar-refractivity contribution in [3.8, 4) is 11.8 Å². The van der Waals surface area contributed by atoms with Crippen molar-refractivity contribution in [1.29, 1.82) is 0 Å². The summed E-state index contributed by atoms with van der Waals surface area (Å²) in [6, 6.07) is 0. The van der Waals surface area contributed by atoms with E-state index in [1.165, 1.54) is 25.7 Å². The molecule has 114 valence electrons. The topological polar surface area (TPSA) is 46.5 Å². The Morgan fingerprint density at radius 1 is 1.35 bits per heavy atom. The van der Waals surface area contributed by atoms with Gasteiger partial charge in [0.1, 0.15) is 5.60 Å². The van der Waals surface area contributed by atoms with Gasteiger partial charge in [0.15, 0.2) is 0 Å². The smallest absolute Gasteiger partial charge is 0.312 e. The van der Waals surface area contributed by atoms with E-state index in [9.17, 15) is 18.0 Å². The molecule has 3 unspecified atom stereocenters. The number of ether oxygens (including phenoxy) is 1. The summed E-state index contributed by atoms with van der Waals surface area (Å²) in [7, 11) is 0.